The Hall–Kier alpha value is -0.450. The minimum absolute atomic E-state index is 0.565. The topological polar surface area (TPSA) is 42.1 Å². The normalized spacial score (nSPS) is 22.8. The van der Waals surface area contributed by atoms with Gasteiger partial charge in [-0.05, 0) is 38.4 Å². The lowest BCUT2D eigenvalue weighted by atomic mass is 9.93. The second kappa shape index (κ2) is 6.13. The lowest BCUT2D eigenvalue weighted by Gasteiger charge is -2.17. The average Bonchev–Trinajstić information content (AvgIpc) is 2.94. The smallest absolute Gasteiger partial charge is 0.0931 e. The second-order valence-electron chi connectivity index (χ2n) is 5.86. The van der Waals surface area contributed by atoms with E-state index in [1.165, 1.54) is 23.7 Å². The number of hydrogen-bond donors (Lipinski definition) is 1. The predicted molar refractivity (Wildman–Crippen MR) is 78.1 cm³/mol. The zero-order valence-corrected chi connectivity index (χ0v) is 12.5. The summed E-state index contributed by atoms with van der Waals surface area (Å²) in [5, 5.41) is 3.52. The van der Waals surface area contributed by atoms with Crippen LogP contribution in [0.25, 0.3) is 0 Å². The molecule has 0 saturated carbocycles. The summed E-state index contributed by atoms with van der Waals surface area (Å²) in [6.07, 6.45) is 2.30. The van der Waals surface area contributed by atoms with Crippen molar-refractivity contribution >= 4 is 11.3 Å². The molecule has 1 aromatic heterocycles. The number of rotatable bonds is 5. The zero-order valence-electron chi connectivity index (χ0n) is 11.7. The number of nitrogens with zero attached hydrogens (tertiary/aromatic N) is 2. The van der Waals surface area contributed by atoms with Crippen LogP contribution in [-0.2, 0) is 6.42 Å². The number of aromatic nitrogens is 1. The van der Waals surface area contributed by atoms with Crippen LogP contribution in [0.4, 0.5) is 0 Å². The minimum atomic E-state index is 0.565. The van der Waals surface area contributed by atoms with Crippen molar-refractivity contribution in [1.82, 2.24) is 9.88 Å². The molecule has 0 radical (unpaired) electrons. The SMILES string of the molecule is CC(C)C(CN)Cc1nc(C2CCN(C)C2)cs1. The summed E-state index contributed by atoms with van der Waals surface area (Å²) in [6, 6.07) is 0. The molecule has 3 nitrogen and oxygen atoms in total. The second-order valence-corrected chi connectivity index (χ2v) is 6.80. The van der Waals surface area contributed by atoms with Crippen molar-refractivity contribution in [3.63, 3.8) is 0 Å². The Morgan fingerprint density at radius 2 is 2.33 bits per heavy atom. The molecule has 4 heteroatoms. The van der Waals surface area contributed by atoms with Gasteiger partial charge in [-0.25, -0.2) is 4.98 Å². The molecule has 0 bridgehead atoms. The highest BCUT2D eigenvalue weighted by molar-refractivity contribution is 7.09. The molecule has 18 heavy (non-hydrogen) atoms. The summed E-state index contributed by atoms with van der Waals surface area (Å²) >= 11 is 1.81. The fourth-order valence-corrected chi connectivity index (χ4v) is 3.57. The number of hydrogen-bond acceptors (Lipinski definition) is 4. The summed E-state index contributed by atoms with van der Waals surface area (Å²) < 4.78 is 0. The Morgan fingerprint density at radius 1 is 1.56 bits per heavy atom. The van der Waals surface area contributed by atoms with Gasteiger partial charge in [-0.15, -0.1) is 11.3 Å². The number of likely N-dealkylation sites (tertiary alicyclic amines) is 1. The quantitative estimate of drug-likeness (QED) is 0.890. The van der Waals surface area contributed by atoms with Gasteiger partial charge in [-0.2, -0.15) is 0 Å². The van der Waals surface area contributed by atoms with Crippen molar-refractivity contribution in [1.29, 1.82) is 0 Å². The van der Waals surface area contributed by atoms with Crippen LogP contribution in [0.15, 0.2) is 5.38 Å². The molecule has 1 aliphatic rings. The summed E-state index contributed by atoms with van der Waals surface area (Å²) in [5.41, 5.74) is 7.14. The monoisotopic (exact) mass is 267 g/mol. The van der Waals surface area contributed by atoms with Crippen molar-refractivity contribution in [3.8, 4) is 0 Å². The predicted octanol–water partition coefficient (Wildman–Crippen LogP) is 2.34. The first-order valence-electron chi connectivity index (χ1n) is 6.93. The highest BCUT2D eigenvalue weighted by Gasteiger charge is 2.23. The molecule has 102 valence electrons. The van der Waals surface area contributed by atoms with E-state index in [1.807, 2.05) is 11.3 Å². The van der Waals surface area contributed by atoms with E-state index in [0.29, 0.717) is 17.8 Å². The molecular weight excluding hydrogens is 242 g/mol. The van der Waals surface area contributed by atoms with Crippen LogP contribution in [0.5, 0.6) is 0 Å². The maximum absolute atomic E-state index is 5.84. The largest absolute Gasteiger partial charge is 0.330 e. The molecule has 2 heterocycles. The summed E-state index contributed by atoms with van der Waals surface area (Å²) in [6.45, 7) is 7.62. The van der Waals surface area contributed by atoms with Crippen LogP contribution in [0.2, 0.25) is 0 Å². The average molecular weight is 267 g/mol. The highest BCUT2D eigenvalue weighted by atomic mass is 32.1. The maximum atomic E-state index is 5.84. The van der Waals surface area contributed by atoms with Gasteiger partial charge in [0, 0.05) is 24.3 Å². The van der Waals surface area contributed by atoms with Gasteiger partial charge in [-0.1, -0.05) is 13.8 Å². The fourth-order valence-electron chi connectivity index (χ4n) is 2.60. The van der Waals surface area contributed by atoms with Crippen LogP contribution < -0.4 is 5.73 Å². The number of nitrogens with two attached hydrogens (primary N) is 1. The van der Waals surface area contributed by atoms with E-state index < -0.39 is 0 Å². The zero-order chi connectivity index (χ0) is 13.1. The Balaban J connectivity index is 1.97. The first-order valence-corrected chi connectivity index (χ1v) is 7.81. The van der Waals surface area contributed by atoms with E-state index in [4.69, 9.17) is 10.7 Å². The van der Waals surface area contributed by atoms with Gasteiger partial charge in [0.2, 0.25) is 0 Å². The lowest BCUT2D eigenvalue weighted by molar-refractivity contribution is 0.390. The molecule has 2 rings (SSSR count). The van der Waals surface area contributed by atoms with Crippen LogP contribution in [0, 0.1) is 11.8 Å². The van der Waals surface area contributed by atoms with Crippen molar-refractivity contribution in [3.05, 3.63) is 16.1 Å². The van der Waals surface area contributed by atoms with E-state index in [9.17, 15) is 0 Å². The van der Waals surface area contributed by atoms with E-state index in [-0.39, 0.29) is 0 Å². The molecular formula is C14H25N3S. The van der Waals surface area contributed by atoms with Crippen LogP contribution >= 0.6 is 11.3 Å². The van der Waals surface area contributed by atoms with Gasteiger partial charge in [0.15, 0.2) is 0 Å². The first-order chi connectivity index (χ1) is 8.60. The van der Waals surface area contributed by atoms with E-state index in [1.54, 1.807) is 0 Å². The maximum Gasteiger partial charge on any atom is 0.0931 e. The van der Waals surface area contributed by atoms with Crippen molar-refractivity contribution in [2.45, 2.75) is 32.6 Å². The standard InChI is InChI=1S/C14H25N3S/c1-10(2)12(7-15)6-14-16-13(9-18-14)11-4-5-17(3)8-11/h9-12H,4-8,15H2,1-3H3. The molecule has 2 atom stereocenters. The van der Waals surface area contributed by atoms with Gasteiger partial charge in [-0.3, -0.25) is 0 Å². The Bertz CT molecular complexity index is 375. The molecule has 1 aliphatic heterocycles. The third-order valence-corrected chi connectivity index (χ3v) is 4.95. The molecule has 2 N–H and O–H groups in total. The number of thiazole rings is 1. The molecule has 1 aromatic rings. The third kappa shape index (κ3) is 3.31. The first kappa shape index (κ1) is 14.0. The highest BCUT2D eigenvalue weighted by Crippen LogP contribution is 2.28. The summed E-state index contributed by atoms with van der Waals surface area (Å²) in [4.78, 5) is 7.22. The van der Waals surface area contributed by atoms with Crippen LogP contribution in [0.1, 0.15) is 36.9 Å². The third-order valence-electron chi connectivity index (χ3n) is 4.06. The van der Waals surface area contributed by atoms with Gasteiger partial charge >= 0.3 is 0 Å². The van der Waals surface area contributed by atoms with E-state index in [2.05, 4.69) is 31.2 Å². The van der Waals surface area contributed by atoms with Gasteiger partial charge in [0.05, 0.1) is 10.7 Å². The summed E-state index contributed by atoms with van der Waals surface area (Å²) in [5.74, 6) is 1.85. The van der Waals surface area contributed by atoms with Crippen molar-refractivity contribution < 1.29 is 0 Å². The molecule has 0 aromatic carbocycles. The molecule has 1 fully saturated rings. The van der Waals surface area contributed by atoms with E-state index in [0.717, 1.165) is 19.5 Å². The van der Waals surface area contributed by atoms with E-state index >= 15 is 0 Å². The van der Waals surface area contributed by atoms with Gasteiger partial charge < -0.3 is 10.6 Å². The molecule has 0 amide bonds. The van der Waals surface area contributed by atoms with Crippen molar-refractivity contribution in [2.75, 3.05) is 26.7 Å². The molecule has 0 aliphatic carbocycles. The van der Waals surface area contributed by atoms with Gasteiger partial charge in [0.25, 0.3) is 0 Å². The van der Waals surface area contributed by atoms with Crippen molar-refractivity contribution in [2.24, 2.45) is 17.6 Å². The molecule has 1 saturated heterocycles. The minimum Gasteiger partial charge on any atom is -0.330 e. The van der Waals surface area contributed by atoms with Crippen LogP contribution in [0.3, 0.4) is 0 Å². The molecule has 2 unspecified atom stereocenters. The summed E-state index contributed by atoms with van der Waals surface area (Å²) in [7, 11) is 2.19. The van der Waals surface area contributed by atoms with Crippen LogP contribution in [-0.4, -0.2) is 36.6 Å². The molecule has 0 spiro atoms. The Morgan fingerprint density at radius 3 is 2.89 bits per heavy atom. The fraction of sp³-hybridized carbons (Fsp3) is 0.786. The van der Waals surface area contributed by atoms with Gasteiger partial charge in [0.1, 0.15) is 0 Å². The Labute approximate surface area is 114 Å². The lowest BCUT2D eigenvalue weighted by Crippen LogP contribution is -2.22. The Kier molecular flexibility index (Phi) is 4.76. The number of likely N-dealkylation sites (N-methyl/N-ethyl adjacent to an activating group) is 1.